The Hall–Kier alpha value is -4.42. The number of hydrogen-bond donors (Lipinski definition) is 2. The monoisotopic (exact) mass is 500 g/mol. The van der Waals surface area contributed by atoms with E-state index in [9.17, 15) is 31.1 Å². The van der Waals surface area contributed by atoms with E-state index >= 15 is 0 Å². The number of nitrogens with one attached hydrogen (secondary N) is 2. The van der Waals surface area contributed by atoms with Crippen LogP contribution in [-0.4, -0.2) is 43.5 Å². The molecule has 3 aromatic heterocycles. The molecule has 0 aromatic carbocycles. The second-order valence-electron chi connectivity index (χ2n) is 6.83. The normalized spacial score (nSPS) is 12.5. The van der Waals surface area contributed by atoms with Crippen molar-refractivity contribution in [3.05, 3.63) is 54.0 Å². The molecule has 35 heavy (non-hydrogen) atoms. The number of nitrogens with zero attached hydrogens (tertiary/aromatic N) is 6. The molecule has 2 N–H and O–H groups in total. The zero-order chi connectivity index (χ0) is 25.8. The van der Waals surface area contributed by atoms with Gasteiger partial charge >= 0.3 is 18.4 Å². The van der Waals surface area contributed by atoms with Gasteiger partial charge < -0.3 is 15.4 Å². The lowest BCUT2D eigenvalue weighted by Crippen LogP contribution is -2.33. The van der Waals surface area contributed by atoms with Crippen LogP contribution in [-0.2, 0) is 6.18 Å². The van der Waals surface area contributed by atoms with Crippen LogP contribution in [0, 0.1) is 11.3 Å². The first-order valence-electron chi connectivity index (χ1n) is 9.48. The third kappa shape index (κ3) is 6.56. The maximum absolute atomic E-state index is 12.9. The molecule has 3 aromatic rings. The fourth-order valence-corrected chi connectivity index (χ4v) is 2.68. The fourth-order valence-electron chi connectivity index (χ4n) is 2.68. The van der Waals surface area contributed by atoms with Crippen molar-refractivity contribution in [2.24, 2.45) is 0 Å². The molecule has 0 aliphatic carbocycles. The van der Waals surface area contributed by atoms with Gasteiger partial charge in [0.25, 0.3) is 0 Å². The second-order valence-corrected chi connectivity index (χ2v) is 6.83. The number of carbonyl (C=O) groups excluding carboxylic acids is 1. The zero-order valence-corrected chi connectivity index (χ0v) is 17.5. The maximum Gasteiger partial charge on any atom is 0.433 e. The number of nitriles is 1. The van der Waals surface area contributed by atoms with E-state index in [2.05, 4.69) is 35.4 Å². The summed E-state index contributed by atoms with van der Waals surface area (Å²) in [7, 11) is 0. The Balaban J connectivity index is 1.77. The molecule has 0 aliphatic rings. The van der Waals surface area contributed by atoms with Gasteiger partial charge in [-0.1, -0.05) is 0 Å². The summed E-state index contributed by atoms with van der Waals surface area (Å²) in [6, 6.07) is 3.28. The standard InChI is InChI=1S/C19H14F6N8O2/c1-10(16-29-9-30-33(16)15-3-2-11(5-26)6-28-15)31-17(34)32-12-7-27-14(19(23,24)25)4-13(12)35-8-18(20,21)22/h2-4,6-7,9-10H,8H2,1H3,(H2,31,32,34). The molecule has 0 spiro atoms. The van der Waals surface area contributed by atoms with Crippen molar-refractivity contribution in [1.29, 1.82) is 5.26 Å². The number of pyridine rings is 2. The van der Waals surface area contributed by atoms with Gasteiger partial charge in [-0.05, 0) is 19.1 Å². The molecule has 0 fully saturated rings. The lowest BCUT2D eigenvalue weighted by molar-refractivity contribution is -0.153. The van der Waals surface area contributed by atoms with Gasteiger partial charge in [0.05, 0.1) is 17.8 Å². The third-order valence-electron chi connectivity index (χ3n) is 4.20. The van der Waals surface area contributed by atoms with Crippen LogP contribution < -0.4 is 15.4 Å². The minimum absolute atomic E-state index is 0.191. The number of rotatable bonds is 6. The van der Waals surface area contributed by atoms with Gasteiger partial charge in [0, 0.05) is 12.3 Å². The number of ether oxygens (including phenoxy) is 1. The van der Waals surface area contributed by atoms with E-state index in [-0.39, 0.29) is 17.7 Å². The molecule has 16 heteroatoms. The molecule has 184 valence electrons. The summed E-state index contributed by atoms with van der Waals surface area (Å²) in [4.78, 5) is 23.6. The fraction of sp³-hybridized carbons (Fsp3) is 0.263. The first-order chi connectivity index (χ1) is 16.4. The number of amides is 2. The summed E-state index contributed by atoms with van der Waals surface area (Å²) >= 11 is 0. The highest BCUT2D eigenvalue weighted by Gasteiger charge is 2.35. The Bertz CT molecular complexity index is 1230. The average Bonchev–Trinajstić information content (AvgIpc) is 3.27. The van der Waals surface area contributed by atoms with Crippen LogP contribution in [0.4, 0.5) is 36.8 Å². The molecule has 2 amide bonds. The Morgan fingerprint density at radius 2 is 1.91 bits per heavy atom. The quantitative estimate of drug-likeness (QED) is 0.493. The summed E-state index contributed by atoms with van der Waals surface area (Å²) in [6.45, 7) is -0.391. The van der Waals surface area contributed by atoms with E-state index in [1.165, 1.54) is 36.3 Å². The van der Waals surface area contributed by atoms with Crippen LogP contribution in [0.15, 0.2) is 36.9 Å². The number of urea groups is 1. The summed E-state index contributed by atoms with van der Waals surface area (Å²) in [5.41, 5.74) is -1.73. The van der Waals surface area contributed by atoms with Gasteiger partial charge in [-0.3, -0.25) is 0 Å². The topological polar surface area (TPSA) is 131 Å². The summed E-state index contributed by atoms with van der Waals surface area (Å²) < 4.78 is 82.0. The first kappa shape index (κ1) is 25.2. The lowest BCUT2D eigenvalue weighted by atomic mass is 10.3. The van der Waals surface area contributed by atoms with E-state index in [0.29, 0.717) is 11.8 Å². The largest absolute Gasteiger partial charge is 0.482 e. The van der Waals surface area contributed by atoms with Crippen molar-refractivity contribution >= 4 is 11.7 Å². The molecular formula is C19H14F6N8O2. The lowest BCUT2D eigenvalue weighted by Gasteiger charge is -2.18. The molecule has 0 saturated carbocycles. The van der Waals surface area contributed by atoms with Gasteiger partial charge in [-0.15, -0.1) is 0 Å². The number of carbonyl (C=O) groups is 1. The van der Waals surface area contributed by atoms with Crippen molar-refractivity contribution < 1.29 is 35.9 Å². The predicted octanol–water partition coefficient (Wildman–Crippen LogP) is 3.77. The Morgan fingerprint density at radius 3 is 2.51 bits per heavy atom. The third-order valence-corrected chi connectivity index (χ3v) is 4.20. The Labute approximate surface area is 192 Å². The van der Waals surface area contributed by atoms with Crippen molar-refractivity contribution in [2.45, 2.75) is 25.3 Å². The molecule has 3 rings (SSSR count). The Morgan fingerprint density at radius 1 is 1.17 bits per heavy atom. The van der Waals surface area contributed by atoms with Crippen LogP contribution in [0.3, 0.4) is 0 Å². The van der Waals surface area contributed by atoms with Crippen LogP contribution in [0.5, 0.6) is 5.75 Å². The van der Waals surface area contributed by atoms with Crippen molar-refractivity contribution in [1.82, 2.24) is 30.0 Å². The predicted molar refractivity (Wildman–Crippen MR) is 105 cm³/mol. The molecule has 0 bridgehead atoms. The summed E-state index contributed by atoms with van der Waals surface area (Å²) in [5, 5.41) is 17.4. The number of aromatic nitrogens is 5. The second kappa shape index (κ2) is 9.83. The van der Waals surface area contributed by atoms with E-state index in [1.807, 2.05) is 6.07 Å². The molecule has 0 radical (unpaired) electrons. The van der Waals surface area contributed by atoms with Crippen molar-refractivity contribution in [3.63, 3.8) is 0 Å². The van der Waals surface area contributed by atoms with Crippen LogP contribution in [0.2, 0.25) is 0 Å². The number of hydrogen-bond acceptors (Lipinski definition) is 7. The molecule has 0 aliphatic heterocycles. The average molecular weight is 500 g/mol. The van der Waals surface area contributed by atoms with Crippen LogP contribution in [0.25, 0.3) is 5.82 Å². The Kier molecular flexibility index (Phi) is 7.08. The van der Waals surface area contributed by atoms with Gasteiger partial charge in [0.1, 0.15) is 29.5 Å². The van der Waals surface area contributed by atoms with Crippen LogP contribution in [0.1, 0.15) is 30.0 Å². The van der Waals surface area contributed by atoms with E-state index in [0.717, 1.165) is 0 Å². The highest BCUT2D eigenvalue weighted by molar-refractivity contribution is 5.90. The molecule has 1 atom stereocenters. The van der Waals surface area contributed by atoms with Gasteiger partial charge in [0.2, 0.25) is 0 Å². The molecule has 1 unspecified atom stereocenters. The number of alkyl halides is 6. The minimum atomic E-state index is -4.95. The summed E-state index contributed by atoms with van der Waals surface area (Å²) in [6.07, 6.45) is -6.78. The zero-order valence-electron chi connectivity index (χ0n) is 17.5. The van der Waals surface area contributed by atoms with E-state index in [4.69, 9.17) is 5.26 Å². The van der Waals surface area contributed by atoms with Gasteiger partial charge in [0.15, 0.2) is 18.2 Å². The van der Waals surface area contributed by atoms with Gasteiger partial charge in [-0.2, -0.15) is 41.4 Å². The first-order valence-corrected chi connectivity index (χ1v) is 9.48. The van der Waals surface area contributed by atoms with Crippen molar-refractivity contribution in [2.75, 3.05) is 11.9 Å². The molecule has 3 heterocycles. The highest BCUT2D eigenvalue weighted by atomic mass is 19.4. The molecule has 0 saturated heterocycles. The van der Waals surface area contributed by atoms with Crippen LogP contribution >= 0.6 is 0 Å². The number of halogens is 6. The molecular weight excluding hydrogens is 486 g/mol. The molecule has 10 nitrogen and oxygen atoms in total. The maximum atomic E-state index is 12.9. The van der Waals surface area contributed by atoms with E-state index < -0.39 is 48.2 Å². The van der Waals surface area contributed by atoms with Gasteiger partial charge in [-0.25, -0.2) is 19.7 Å². The van der Waals surface area contributed by atoms with Crippen molar-refractivity contribution in [3.8, 4) is 17.6 Å². The SMILES string of the molecule is CC(NC(=O)Nc1cnc(C(F)(F)F)cc1OCC(F)(F)F)c1ncnn1-c1ccc(C#N)cn1. The minimum Gasteiger partial charge on any atom is -0.482 e. The smallest absolute Gasteiger partial charge is 0.433 e. The highest BCUT2D eigenvalue weighted by Crippen LogP contribution is 2.34. The van der Waals surface area contributed by atoms with E-state index in [1.54, 1.807) is 0 Å². The summed E-state index contributed by atoms with van der Waals surface area (Å²) in [5.74, 6) is -0.408. The number of anilines is 1.